The van der Waals surface area contributed by atoms with Crippen LogP contribution in [0.15, 0.2) is 33.7 Å². The highest BCUT2D eigenvalue weighted by Gasteiger charge is 2.34. The minimum atomic E-state index is -0.0700. The lowest BCUT2D eigenvalue weighted by molar-refractivity contribution is 0.0531. The van der Waals surface area contributed by atoms with E-state index in [1.54, 1.807) is 6.08 Å². The smallest absolute Gasteiger partial charge is 0.234 e. The van der Waals surface area contributed by atoms with Crippen molar-refractivity contribution in [2.75, 3.05) is 19.8 Å². The van der Waals surface area contributed by atoms with Gasteiger partial charge in [-0.2, -0.15) is 0 Å². The quantitative estimate of drug-likeness (QED) is 0.635. The highest BCUT2D eigenvalue weighted by molar-refractivity contribution is 9.10. The van der Waals surface area contributed by atoms with Crippen LogP contribution >= 0.6 is 15.9 Å². The van der Waals surface area contributed by atoms with Crippen molar-refractivity contribution in [2.45, 2.75) is 18.3 Å². The molecule has 0 saturated carbocycles. The van der Waals surface area contributed by atoms with Crippen molar-refractivity contribution in [1.29, 1.82) is 0 Å². The summed E-state index contributed by atoms with van der Waals surface area (Å²) in [5.41, 5.74) is 1.15. The number of nitrogens with zero attached hydrogens (tertiary/aromatic N) is 1. The van der Waals surface area contributed by atoms with E-state index < -0.39 is 0 Å². The van der Waals surface area contributed by atoms with Gasteiger partial charge in [0.1, 0.15) is 0 Å². The van der Waals surface area contributed by atoms with E-state index in [0.717, 1.165) is 30.5 Å². The van der Waals surface area contributed by atoms with Crippen molar-refractivity contribution in [3.8, 4) is 0 Å². The molecule has 0 atom stereocenters. The second kappa shape index (κ2) is 5.58. The van der Waals surface area contributed by atoms with Crippen LogP contribution in [0.3, 0.4) is 0 Å². The predicted molar refractivity (Wildman–Crippen MR) is 68.9 cm³/mol. The van der Waals surface area contributed by atoms with Crippen molar-refractivity contribution in [2.24, 2.45) is 4.99 Å². The Labute approximate surface area is 109 Å². The molecule has 0 amide bonds. The number of halogens is 1. The molecule has 1 aliphatic rings. The zero-order valence-electron chi connectivity index (χ0n) is 9.49. The zero-order valence-corrected chi connectivity index (χ0v) is 11.1. The molecule has 0 spiro atoms. The molecule has 1 aliphatic heterocycles. The summed E-state index contributed by atoms with van der Waals surface area (Å²) in [5, 5.41) is 0. The maximum atomic E-state index is 10.4. The van der Waals surface area contributed by atoms with Gasteiger partial charge in [-0.05, 0) is 30.5 Å². The van der Waals surface area contributed by atoms with Gasteiger partial charge < -0.3 is 4.74 Å². The first-order valence-electron chi connectivity index (χ1n) is 5.64. The van der Waals surface area contributed by atoms with Crippen LogP contribution in [0.1, 0.15) is 18.4 Å². The van der Waals surface area contributed by atoms with Crippen LogP contribution in [-0.2, 0) is 14.9 Å². The molecule has 2 rings (SSSR count). The summed E-state index contributed by atoms with van der Waals surface area (Å²) in [6.07, 6.45) is 3.44. The topological polar surface area (TPSA) is 38.7 Å². The van der Waals surface area contributed by atoms with E-state index >= 15 is 0 Å². The van der Waals surface area contributed by atoms with Gasteiger partial charge in [-0.15, -0.1) is 0 Å². The van der Waals surface area contributed by atoms with E-state index in [1.165, 1.54) is 5.56 Å². The summed E-state index contributed by atoms with van der Waals surface area (Å²) in [5.74, 6) is 0. The first kappa shape index (κ1) is 12.5. The summed E-state index contributed by atoms with van der Waals surface area (Å²) < 4.78 is 6.46. The van der Waals surface area contributed by atoms with Gasteiger partial charge in [0.2, 0.25) is 6.08 Å². The number of aliphatic imine (C=N–C) groups is 1. The van der Waals surface area contributed by atoms with Gasteiger partial charge >= 0.3 is 0 Å². The van der Waals surface area contributed by atoms with Gasteiger partial charge in [-0.3, -0.25) is 0 Å². The Morgan fingerprint density at radius 3 is 2.82 bits per heavy atom. The van der Waals surface area contributed by atoms with Gasteiger partial charge in [0.05, 0.1) is 6.54 Å². The molecule has 0 radical (unpaired) electrons. The van der Waals surface area contributed by atoms with E-state index in [9.17, 15) is 4.79 Å². The summed E-state index contributed by atoms with van der Waals surface area (Å²) in [6.45, 7) is 1.94. The molecule has 1 aromatic carbocycles. The van der Waals surface area contributed by atoms with Crippen molar-refractivity contribution >= 4 is 22.0 Å². The lowest BCUT2D eigenvalue weighted by atomic mass is 9.74. The largest absolute Gasteiger partial charge is 0.381 e. The number of isocyanates is 1. The van der Waals surface area contributed by atoms with Crippen molar-refractivity contribution in [3.63, 3.8) is 0 Å². The summed E-state index contributed by atoms with van der Waals surface area (Å²) in [7, 11) is 0. The lowest BCUT2D eigenvalue weighted by Crippen LogP contribution is -2.36. The van der Waals surface area contributed by atoms with Crippen molar-refractivity contribution in [1.82, 2.24) is 0 Å². The van der Waals surface area contributed by atoms with Gasteiger partial charge in [-0.1, -0.05) is 28.1 Å². The van der Waals surface area contributed by atoms with E-state index in [0.29, 0.717) is 6.54 Å². The number of rotatable bonds is 3. The maximum Gasteiger partial charge on any atom is 0.234 e. The van der Waals surface area contributed by atoms with Crippen LogP contribution < -0.4 is 0 Å². The van der Waals surface area contributed by atoms with Crippen LogP contribution in [0, 0.1) is 0 Å². The molecule has 1 heterocycles. The Morgan fingerprint density at radius 2 is 2.18 bits per heavy atom. The Bertz CT molecular complexity index is 435. The standard InChI is InChI=1S/C13H14BrNO2/c14-12-3-1-2-11(8-12)13(9-15-10-16)4-6-17-7-5-13/h1-3,8H,4-7,9H2. The Kier molecular flexibility index (Phi) is 4.11. The van der Waals surface area contributed by atoms with E-state index in [2.05, 4.69) is 33.1 Å². The monoisotopic (exact) mass is 295 g/mol. The minimum absolute atomic E-state index is 0.0700. The molecule has 0 bridgehead atoms. The molecule has 17 heavy (non-hydrogen) atoms. The molecule has 0 aromatic heterocycles. The third-order valence-electron chi connectivity index (χ3n) is 3.33. The number of hydrogen-bond donors (Lipinski definition) is 0. The van der Waals surface area contributed by atoms with Gasteiger partial charge in [0.25, 0.3) is 0 Å². The SMILES string of the molecule is O=C=NCC1(c2cccc(Br)c2)CCOCC1. The van der Waals surface area contributed by atoms with E-state index in [1.807, 2.05) is 12.1 Å². The van der Waals surface area contributed by atoms with Gasteiger partial charge in [0.15, 0.2) is 0 Å². The fourth-order valence-corrected chi connectivity index (χ4v) is 2.70. The third kappa shape index (κ3) is 2.83. The summed E-state index contributed by atoms with van der Waals surface area (Å²) in [6, 6.07) is 8.21. The van der Waals surface area contributed by atoms with E-state index in [-0.39, 0.29) is 5.41 Å². The molecule has 0 aliphatic carbocycles. The number of ether oxygens (including phenoxy) is 1. The van der Waals surface area contributed by atoms with E-state index in [4.69, 9.17) is 4.74 Å². The summed E-state index contributed by atoms with van der Waals surface area (Å²) in [4.78, 5) is 14.2. The molecule has 0 N–H and O–H groups in total. The molecule has 1 saturated heterocycles. The number of benzene rings is 1. The van der Waals surface area contributed by atoms with Crippen molar-refractivity contribution in [3.05, 3.63) is 34.3 Å². The predicted octanol–water partition coefficient (Wildman–Crippen LogP) is 2.83. The highest BCUT2D eigenvalue weighted by Crippen LogP contribution is 2.36. The Morgan fingerprint density at radius 1 is 1.41 bits per heavy atom. The molecule has 0 unspecified atom stereocenters. The third-order valence-corrected chi connectivity index (χ3v) is 3.83. The molecule has 90 valence electrons. The van der Waals surface area contributed by atoms with Crippen molar-refractivity contribution < 1.29 is 9.53 Å². The van der Waals surface area contributed by atoms with Crippen LogP contribution in [-0.4, -0.2) is 25.8 Å². The normalized spacial score (nSPS) is 18.4. The Balaban J connectivity index is 2.34. The van der Waals surface area contributed by atoms with Crippen LogP contribution in [0.4, 0.5) is 0 Å². The van der Waals surface area contributed by atoms with Gasteiger partial charge in [0, 0.05) is 23.1 Å². The summed E-state index contributed by atoms with van der Waals surface area (Å²) >= 11 is 3.48. The second-order valence-corrected chi connectivity index (χ2v) is 5.23. The Hall–Kier alpha value is -0.960. The molecule has 1 aromatic rings. The molecular formula is C13H14BrNO2. The number of carbonyl (C=O) groups excluding carboxylic acids is 1. The van der Waals surface area contributed by atoms with Crippen LogP contribution in [0.25, 0.3) is 0 Å². The highest BCUT2D eigenvalue weighted by atomic mass is 79.9. The minimum Gasteiger partial charge on any atom is -0.381 e. The molecular weight excluding hydrogens is 282 g/mol. The van der Waals surface area contributed by atoms with Crippen LogP contribution in [0.2, 0.25) is 0 Å². The van der Waals surface area contributed by atoms with Gasteiger partial charge in [-0.25, -0.2) is 9.79 Å². The molecule has 3 nitrogen and oxygen atoms in total. The fourth-order valence-electron chi connectivity index (χ4n) is 2.30. The number of hydrogen-bond acceptors (Lipinski definition) is 3. The average Bonchev–Trinajstić information content (AvgIpc) is 2.37. The second-order valence-electron chi connectivity index (χ2n) is 4.31. The molecule has 1 fully saturated rings. The first-order chi connectivity index (χ1) is 8.27. The maximum absolute atomic E-state index is 10.4. The first-order valence-corrected chi connectivity index (χ1v) is 6.44. The molecule has 4 heteroatoms. The lowest BCUT2D eigenvalue weighted by Gasteiger charge is -2.36. The fraction of sp³-hybridized carbons (Fsp3) is 0.462. The average molecular weight is 296 g/mol. The van der Waals surface area contributed by atoms with Crippen LogP contribution in [0.5, 0.6) is 0 Å². The zero-order chi connectivity index (χ0) is 12.1.